The lowest BCUT2D eigenvalue weighted by Crippen LogP contribution is -2.20. The Kier molecular flexibility index (Phi) is 5.21. The van der Waals surface area contributed by atoms with Crippen LogP contribution in [0.1, 0.15) is 30.4 Å². The van der Waals surface area contributed by atoms with Gasteiger partial charge in [0.05, 0.1) is 0 Å². The third-order valence-corrected chi connectivity index (χ3v) is 3.85. The second-order valence-electron chi connectivity index (χ2n) is 5.73. The molecule has 1 aliphatic rings. The minimum Gasteiger partial charge on any atom is -0.316 e. The van der Waals surface area contributed by atoms with Crippen LogP contribution in [0.2, 0.25) is 0 Å². The van der Waals surface area contributed by atoms with E-state index in [2.05, 4.69) is 48.5 Å². The number of nitrogens with zero attached hydrogens (tertiary/aromatic N) is 1. The minimum atomic E-state index is 0.928. The van der Waals surface area contributed by atoms with Crippen molar-refractivity contribution in [1.82, 2.24) is 10.2 Å². The number of nitrogens with one attached hydrogen (secondary N) is 1. The van der Waals surface area contributed by atoms with Crippen molar-refractivity contribution in [1.29, 1.82) is 0 Å². The zero-order valence-electron chi connectivity index (χ0n) is 11.8. The predicted molar refractivity (Wildman–Crippen MR) is 77.7 cm³/mol. The number of rotatable bonds is 6. The third kappa shape index (κ3) is 4.43. The number of hydrogen-bond acceptors (Lipinski definition) is 2. The van der Waals surface area contributed by atoms with Crippen LogP contribution in [-0.2, 0) is 6.54 Å². The molecule has 100 valence electrons. The van der Waals surface area contributed by atoms with E-state index >= 15 is 0 Å². The molecule has 1 aromatic carbocycles. The van der Waals surface area contributed by atoms with Gasteiger partial charge in [-0.1, -0.05) is 29.8 Å². The van der Waals surface area contributed by atoms with Crippen molar-refractivity contribution in [2.45, 2.75) is 32.7 Å². The fourth-order valence-electron chi connectivity index (χ4n) is 2.81. The van der Waals surface area contributed by atoms with Gasteiger partial charge in [0.25, 0.3) is 0 Å². The summed E-state index contributed by atoms with van der Waals surface area (Å²) in [6.45, 7) is 6.91. The summed E-state index contributed by atoms with van der Waals surface area (Å²) in [4.78, 5) is 2.44. The van der Waals surface area contributed by atoms with Crippen molar-refractivity contribution < 1.29 is 0 Å². The summed E-state index contributed by atoms with van der Waals surface area (Å²) >= 11 is 0. The first-order chi connectivity index (χ1) is 8.74. The summed E-state index contributed by atoms with van der Waals surface area (Å²) in [5, 5.41) is 3.44. The van der Waals surface area contributed by atoms with E-state index in [4.69, 9.17) is 0 Å². The van der Waals surface area contributed by atoms with Gasteiger partial charge in [-0.25, -0.2) is 0 Å². The van der Waals surface area contributed by atoms with Crippen molar-refractivity contribution in [3.63, 3.8) is 0 Å². The van der Waals surface area contributed by atoms with Crippen LogP contribution in [-0.4, -0.2) is 31.6 Å². The molecular formula is C16H26N2. The van der Waals surface area contributed by atoms with Crippen LogP contribution in [0.25, 0.3) is 0 Å². The zero-order chi connectivity index (χ0) is 12.8. The van der Waals surface area contributed by atoms with Gasteiger partial charge in [0, 0.05) is 6.54 Å². The molecule has 0 amide bonds. The largest absolute Gasteiger partial charge is 0.316 e. The maximum Gasteiger partial charge on any atom is 0.0230 e. The lowest BCUT2D eigenvalue weighted by Gasteiger charge is -2.18. The topological polar surface area (TPSA) is 15.3 Å². The number of aryl methyl sites for hydroxylation is 1. The smallest absolute Gasteiger partial charge is 0.0230 e. The Morgan fingerprint density at radius 3 is 3.00 bits per heavy atom. The van der Waals surface area contributed by atoms with Gasteiger partial charge in [0.15, 0.2) is 0 Å². The molecule has 0 radical (unpaired) electrons. The first kappa shape index (κ1) is 13.6. The van der Waals surface area contributed by atoms with Crippen molar-refractivity contribution >= 4 is 0 Å². The van der Waals surface area contributed by atoms with Gasteiger partial charge < -0.3 is 10.2 Å². The second-order valence-corrected chi connectivity index (χ2v) is 5.73. The molecule has 1 aromatic rings. The van der Waals surface area contributed by atoms with E-state index < -0.39 is 0 Å². The van der Waals surface area contributed by atoms with Crippen LogP contribution in [0.15, 0.2) is 24.3 Å². The molecule has 1 heterocycles. The van der Waals surface area contributed by atoms with E-state index in [9.17, 15) is 0 Å². The molecule has 0 spiro atoms. The third-order valence-electron chi connectivity index (χ3n) is 3.85. The molecule has 1 unspecified atom stereocenters. The maximum absolute atomic E-state index is 3.44. The van der Waals surface area contributed by atoms with Crippen molar-refractivity contribution in [3.8, 4) is 0 Å². The molecule has 0 saturated carbocycles. The van der Waals surface area contributed by atoms with Gasteiger partial charge in [0.2, 0.25) is 0 Å². The summed E-state index contributed by atoms with van der Waals surface area (Å²) < 4.78 is 0. The van der Waals surface area contributed by atoms with E-state index in [0.717, 1.165) is 12.5 Å². The van der Waals surface area contributed by atoms with Crippen LogP contribution in [0, 0.1) is 12.8 Å². The second kappa shape index (κ2) is 6.91. The van der Waals surface area contributed by atoms with Gasteiger partial charge in [-0.15, -0.1) is 0 Å². The van der Waals surface area contributed by atoms with E-state index in [0.29, 0.717) is 0 Å². The van der Waals surface area contributed by atoms with E-state index in [1.54, 1.807) is 0 Å². The average molecular weight is 246 g/mol. The van der Waals surface area contributed by atoms with E-state index in [1.165, 1.54) is 50.0 Å². The SMILES string of the molecule is Cc1cccc(CN(C)CCCC2CCNC2)c1. The molecule has 1 saturated heterocycles. The highest BCUT2D eigenvalue weighted by molar-refractivity contribution is 5.21. The quantitative estimate of drug-likeness (QED) is 0.830. The van der Waals surface area contributed by atoms with Crippen LogP contribution in [0.3, 0.4) is 0 Å². The molecule has 0 aliphatic carbocycles. The standard InChI is InChI=1S/C16H26N2/c1-14-5-3-6-16(11-14)13-18(2)10-4-7-15-8-9-17-12-15/h3,5-6,11,15,17H,4,7-10,12-13H2,1-2H3. The average Bonchev–Trinajstić information content (AvgIpc) is 2.82. The Bertz CT molecular complexity index is 356. The minimum absolute atomic E-state index is 0.928. The molecule has 2 rings (SSSR count). The molecular weight excluding hydrogens is 220 g/mol. The molecule has 2 nitrogen and oxygen atoms in total. The normalized spacial score (nSPS) is 19.6. The first-order valence-corrected chi connectivity index (χ1v) is 7.19. The number of hydrogen-bond donors (Lipinski definition) is 1. The zero-order valence-corrected chi connectivity index (χ0v) is 11.8. The van der Waals surface area contributed by atoms with Crippen molar-refractivity contribution in [2.75, 3.05) is 26.7 Å². The lowest BCUT2D eigenvalue weighted by atomic mass is 10.0. The van der Waals surface area contributed by atoms with Crippen LogP contribution in [0.4, 0.5) is 0 Å². The van der Waals surface area contributed by atoms with Crippen LogP contribution >= 0.6 is 0 Å². The highest BCUT2D eigenvalue weighted by Crippen LogP contribution is 2.15. The Labute approximate surface area is 111 Å². The maximum atomic E-state index is 3.44. The van der Waals surface area contributed by atoms with Crippen LogP contribution < -0.4 is 5.32 Å². The Balaban J connectivity index is 1.66. The van der Waals surface area contributed by atoms with Gasteiger partial charge in [-0.05, 0) is 64.3 Å². The van der Waals surface area contributed by atoms with Gasteiger partial charge >= 0.3 is 0 Å². The van der Waals surface area contributed by atoms with E-state index in [1.807, 2.05) is 0 Å². The lowest BCUT2D eigenvalue weighted by molar-refractivity contribution is 0.308. The molecule has 18 heavy (non-hydrogen) atoms. The summed E-state index contributed by atoms with van der Waals surface area (Å²) in [5.41, 5.74) is 2.79. The molecule has 1 atom stereocenters. The van der Waals surface area contributed by atoms with Gasteiger partial charge in [-0.2, -0.15) is 0 Å². The predicted octanol–water partition coefficient (Wildman–Crippen LogP) is 2.82. The molecule has 0 bridgehead atoms. The molecule has 1 N–H and O–H groups in total. The Morgan fingerprint density at radius 2 is 2.28 bits per heavy atom. The monoisotopic (exact) mass is 246 g/mol. The van der Waals surface area contributed by atoms with Gasteiger partial charge in [-0.3, -0.25) is 0 Å². The number of benzene rings is 1. The molecule has 1 fully saturated rings. The van der Waals surface area contributed by atoms with Gasteiger partial charge in [0.1, 0.15) is 0 Å². The van der Waals surface area contributed by atoms with E-state index in [-0.39, 0.29) is 0 Å². The highest BCUT2D eigenvalue weighted by Gasteiger charge is 2.13. The molecule has 2 heteroatoms. The van der Waals surface area contributed by atoms with Crippen molar-refractivity contribution in [3.05, 3.63) is 35.4 Å². The van der Waals surface area contributed by atoms with Crippen LogP contribution in [0.5, 0.6) is 0 Å². The summed E-state index contributed by atoms with van der Waals surface area (Å²) in [7, 11) is 2.23. The Morgan fingerprint density at radius 1 is 1.39 bits per heavy atom. The summed E-state index contributed by atoms with van der Waals surface area (Å²) in [6, 6.07) is 8.83. The molecule has 1 aliphatic heterocycles. The Hall–Kier alpha value is -0.860. The van der Waals surface area contributed by atoms with Crippen molar-refractivity contribution in [2.24, 2.45) is 5.92 Å². The molecule has 0 aromatic heterocycles. The highest BCUT2D eigenvalue weighted by atomic mass is 15.1. The summed E-state index contributed by atoms with van der Waals surface area (Å²) in [6.07, 6.45) is 4.08. The fraction of sp³-hybridized carbons (Fsp3) is 0.625. The first-order valence-electron chi connectivity index (χ1n) is 7.19. The summed E-state index contributed by atoms with van der Waals surface area (Å²) in [5.74, 6) is 0.928. The fourth-order valence-corrected chi connectivity index (χ4v) is 2.81.